The van der Waals surface area contributed by atoms with Gasteiger partial charge in [0.05, 0.1) is 27.5 Å². The zero-order valence-corrected chi connectivity index (χ0v) is 19.0. The lowest BCUT2D eigenvalue weighted by molar-refractivity contribution is -0.137. The zero-order valence-electron chi connectivity index (χ0n) is 17.5. The highest BCUT2D eigenvalue weighted by molar-refractivity contribution is 6.37. The Bertz CT molecular complexity index is 1700. The molecule has 0 aliphatic carbocycles. The summed E-state index contributed by atoms with van der Waals surface area (Å²) in [5.74, 6) is -0.0935. The first-order chi connectivity index (χ1) is 17.0. The molecule has 0 atom stereocenters. The summed E-state index contributed by atoms with van der Waals surface area (Å²) in [7, 11) is 0. The van der Waals surface area contributed by atoms with Crippen LogP contribution in [-0.4, -0.2) is 19.3 Å². The minimum atomic E-state index is -4.60. The van der Waals surface area contributed by atoms with Crippen LogP contribution in [-0.2, 0) is 6.18 Å². The zero-order chi connectivity index (χ0) is 26.2. The number of alkyl halides is 3. The molecule has 0 saturated carbocycles. The van der Waals surface area contributed by atoms with E-state index in [1.165, 1.54) is 24.3 Å². The highest BCUT2D eigenvalue weighted by Crippen LogP contribution is 2.38. The predicted molar refractivity (Wildman–Crippen MR) is 122 cm³/mol. The third-order valence-corrected chi connectivity index (χ3v) is 5.28. The van der Waals surface area contributed by atoms with Gasteiger partial charge in [-0.05, 0) is 36.4 Å². The molecule has 0 radical (unpaired) electrons. The maximum atomic E-state index is 13.1. The molecule has 14 heteroatoms. The van der Waals surface area contributed by atoms with Crippen molar-refractivity contribution in [3.63, 3.8) is 0 Å². The Labute approximate surface area is 208 Å². The summed E-state index contributed by atoms with van der Waals surface area (Å²) in [6.07, 6.45) is -3.45. The molecule has 0 unspecified atom stereocenters. The van der Waals surface area contributed by atoms with Crippen molar-refractivity contribution in [1.29, 1.82) is 5.26 Å². The molecule has 2 heterocycles. The predicted octanol–water partition coefficient (Wildman–Crippen LogP) is 4.06. The van der Waals surface area contributed by atoms with E-state index in [9.17, 15) is 27.6 Å². The number of nitrogens with zero attached hydrogens (tertiary/aromatic N) is 4. The van der Waals surface area contributed by atoms with Crippen LogP contribution in [0.1, 0.15) is 11.3 Å². The molecule has 0 amide bonds. The van der Waals surface area contributed by atoms with Gasteiger partial charge in [-0.1, -0.05) is 29.3 Å². The molecule has 9 nitrogen and oxygen atoms in total. The fourth-order valence-electron chi connectivity index (χ4n) is 3.09. The largest absolute Gasteiger partial charge is 0.453 e. The van der Waals surface area contributed by atoms with Crippen LogP contribution in [0.25, 0.3) is 11.4 Å². The summed E-state index contributed by atoms with van der Waals surface area (Å²) in [5, 5.41) is 12.4. The van der Waals surface area contributed by atoms with Gasteiger partial charge in [-0.3, -0.25) is 19.1 Å². The van der Waals surface area contributed by atoms with Crippen molar-refractivity contribution in [2.75, 3.05) is 0 Å². The smallest absolute Gasteiger partial charge is 0.416 e. The molecule has 1 N–H and O–H groups in total. The first kappa shape index (κ1) is 24.8. The summed E-state index contributed by atoms with van der Waals surface area (Å²) in [6.45, 7) is 0. The van der Waals surface area contributed by atoms with Crippen LogP contribution in [0.3, 0.4) is 0 Å². The van der Waals surface area contributed by atoms with Crippen molar-refractivity contribution >= 4 is 23.2 Å². The number of ether oxygens (including phenoxy) is 1. The van der Waals surface area contributed by atoms with E-state index in [2.05, 4.69) is 5.10 Å². The van der Waals surface area contributed by atoms with Crippen molar-refractivity contribution in [2.24, 2.45) is 0 Å². The van der Waals surface area contributed by atoms with E-state index >= 15 is 0 Å². The number of nitriles is 1. The Morgan fingerprint density at radius 2 is 1.69 bits per heavy atom. The van der Waals surface area contributed by atoms with Crippen LogP contribution in [0.15, 0.2) is 69.1 Å². The molecule has 0 aliphatic heterocycles. The summed E-state index contributed by atoms with van der Waals surface area (Å²) in [5.41, 5.74) is -4.09. The van der Waals surface area contributed by atoms with E-state index in [-0.39, 0.29) is 32.9 Å². The topological polar surface area (TPSA) is 123 Å². The normalized spacial score (nSPS) is 11.2. The third kappa shape index (κ3) is 4.88. The molecule has 2 aromatic heterocycles. The Kier molecular flexibility index (Phi) is 6.45. The van der Waals surface area contributed by atoms with E-state index in [0.717, 1.165) is 35.0 Å². The first-order valence-corrected chi connectivity index (χ1v) is 10.4. The van der Waals surface area contributed by atoms with Gasteiger partial charge in [0.15, 0.2) is 5.75 Å². The van der Waals surface area contributed by atoms with E-state index in [1.807, 2.05) is 4.98 Å². The lowest BCUT2D eigenvalue weighted by atomic mass is 10.2. The van der Waals surface area contributed by atoms with Crippen molar-refractivity contribution in [3.05, 3.63) is 107 Å². The monoisotopic (exact) mass is 535 g/mol. The van der Waals surface area contributed by atoms with Gasteiger partial charge in [0.1, 0.15) is 11.8 Å². The van der Waals surface area contributed by atoms with Crippen LogP contribution < -0.4 is 21.5 Å². The van der Waals surface area contributed by atoms with Gasteiger partial charge in [0.25, 0.3) is 11.1 Å². The van der Waals surface area contributed by atoms with Crippen molar-refractivity contribution in [1.82, 2.24) is 19.3 Å². The van der Waals surface area contributed by atoms with Gasteiger partial charge < -0.3 is 4.74 Å². The third-order valence-electron chi connectivity index (χ3n) is 4.72. The molecule has 36 heavy (non-hydrogen) atoms. The number of nitrogens with one attached hydrogen (secondary N) is 1. The number of rotatable bonds is 4. The van der Waals surface area contributed by atoms with Crippen LogP contribution >= 0.6 is 23.2 Å². The number of aromatic nitrogens is 4. The maximum absolute atomic E-state index is 13.1. The molecule has 4 rings (SSSR count). The summed E-state index contributed by atoms with van der Waals surface area (Å²) >= 11 is 12.5. The molecule has 0 aliphatic rings. The van der Waals surface area contributed by atoms with E-state index < -0.39 is 34.2 Å². The fourth-order valence-corrected chi connectivity index (χ4v) is 3.65. The van der Waals surface area contributed by atoms with Gasteiger partial charge in [-0.25, -0.2) is 4.79 Å². The van der Waals surface area contributed by atoms with E-state index in [0.29, 0.717) is 4.68 Å². The molecule has 4 aromatic rings. The van der Waals surface area contributed by atoms with Crippen LogP contribution in [0, 0.1) is 11.3 Å². The minimum Gasteiger partial charge on any atom is -0.453 e. The maximum Gasteiger partial charge on any atom is 0.416 e. The molecule has 0 saturated heterocycles. The van der Waals surface area contributed by atoms with Crippen molar-refractivity contribution in [2.45, 2.75) is 6.18 Å². The quantitative estimate of drug-likeness (QED) is 0.420. The molecular formula is C22H10Cl2F3N5O4. The first-order valence-electron chi connectivity index (χ1n) is 9.69. The van der Waals surface area contributed by atoms with Gasteiger partial charge in [0.2, 0.25) is 5.69 Å². The molecule has 0 spiro atoms. The number of hydrogen-bond acceptors (Lipinski definition) is 6. The lowest BCUT2D eigenvalue weighted by Crippen LogP contribution is -2.33. The highest BCUT2D eigenvalue weighted by Gasteiger charge is 2.30. The Balaban J connectivity index is 1.73. The number of H-pyrrole nitrogens is 1. The van der Waals surface area contributed by atoms with Crippen molar-refractivity contribution < 1.29 is 17.9 Å². The molecule has 0 fully saturated rings. The fraction of sp³-hybridized carbons (Fsp3) is 0.0455. The Morgan fingerprint density at radius 1 is 1.00 bits per heavy atom. The average Bonchev–Trinajstić information content (AvgIpc) is 2.82. The number of hydrogen-bond donors (Lipinski definition) is 1. The Morgan fingerprint density at radius 3 is 2.33 bits per heavy atom. The molecular weight excluding hydrogens is 526 g/mol. The van der Waals surface area contributed by atoms with Crippen LogP contribution in [0.4, 0.5) is 13.2 Å². The van der Waals surface area contributed by atoms with Crippen LogP contribution in [0.5, 0.6) is 11.5 Å². The van der Waals surface area contributed by atoms with Gasteiger partial charge in [-0.2, -0.15) is 23.1 Å². The van der Waals surface area contributed by atoms with E-state index in [4.69, 9.17) is 33.2 Å². The molecule has 2 aromatic carbocycles. The molecule has 0 bridgehead atoms. The number of aromatic amines is 1. The average molecular weight is 536 g/mol. The lowest BCUT2D eigenvalue weighted by Gasteiger charge is -2.14. The van der Waals surface area contributed by atoms with Gasteiger partial charge in [0, 0.05) is 11.8 Å². The second-order valence-corrected chi connectivity index (χ2v) is 7.91. The molecule has 182 valence electrons. The SMILES string of the molecule is N#Cc1nn(-c2cc(Cl)c(Oc3ccc(=O)n(-c4cccc(C(F)(F)F)c4)c3)c(Cl)c2)c(=O)[nH]c1=O. The summed E-state index contributed by atoms with van der Waals surface area (Å²) < 4.78 is 46.6. The Hall–Kier alpha value is -4.34. The number of halogens is 5. The van der Waals surface area contributed by atoms with E-state index in [1.54, 1.807) is 6.07 Å². The summed E-state index contributed by atoms with van der Waals surface area (Å²) in [4.78, 5) is 37.9. The van der Waals surface area contributed by atoms with Crippen molar-refractivity contribution in [3.8, 4) is 28.9 Å². The second-order valence-electron chi connectivity index (χ2n) is 7.09. The highest BCUT2D eigenvalue weighted by atomic mass is 35.5. The minimum absolute atomic E-state index is 0.00374. The number of pyridine rings is 1. The van der Waals surface area contributed by atoms with Gasteiger partial charge in [-0.15, -0.1) is 5.10 Å². The van der Waals surface area contributed by atoms with Crippen LogP contribution in [0.2, 0.25) is 10.0 Å². The second kappa shape index (κ2) is 9.37. The number of benzene rings is 2. The summed E-state index contributed by atoms with van der Waals surface area (Å²) in [6, 6.07) is 10.5. The van der Waals surface area contributed by atoms with Gasteiger partial charge >= 0.3 is 11.9 Å². The standard InChI is InChI=1S/C22H10Cl2F3N5O4/c23-15-7-13(32-21(35)29-20(34)17(9-28)30-32)8-16(24)19(15)36-14-4-5-18(33)31(10-14)12-3-1-2-11(6-12)22(25,26)27/h1-8,10H,(H,29,34,35).